The van der Waals surface area contributed by atoms with Crippen molar-refractivity contribution in [2.24, 2.45) is 5.10 Å². The number of anilines is 1. The van der Waals surface area contributed by atoms with Gasteiger partial charge in [0.25, 0.3) is 5.69 Å². The summed E-state index contributed by atoms with van der Waals surface area (Å²) in [5, 5.41) is 23.6. The van der Waals surface area contributed by atoms with Crippen LogP contribution in [0.4, 0.5) is 11.4 Å². The molecule has 0 aliphatic rings. The fourth-order valence-electron chi connectivity index (χ4n) is 1.53. The Morgan fingerprint density at radius 1 is 1.15 bits per heavy atom. The molecule has 0 aliphatic heterocycles. The third-order valence-electron chi connectivity index (χ3n) is 2.53. The summed E-state index contributed by atoms with van der Waals surface area (Å²) >= 11 is 0. The molecule has 0 spiro atoms. The van der Waals surface area contributed by atoms with Gasteiger partial charge in [-0.2, -0.15) is 10.4 Å². The van der Waals surface area contributed by atoms with E-state index >= 15 is 0 Å². The maximum atomic E-state index is 10.5. The number of nitriles is 1. The summed E-state index contributed by atoms with van der Waals surface area (Å²) in [5.74, 6) is 0. The highest BCUT2D eigenvalue weighted by Gasteiger charge is 2.04. The Kier molecular flexibility index (Phi) is 4.04. The monoisotopic (exact) mass is 266 g/mol. The van der Waals surface area contributed by atoms with Gasteiger partial charge in [-0.1, -0.05) is 30.3 Å². The van der Waals surface area contributed by atoms with Crippen molar-refractivity contribution in [3.05, 3.63) is 70.3 Å². The van der Waals surface area contributed by atoms with E-state index in [1.807, 2.05) is 24.3 Å². The summed E-state index contributed by atoms with van der Waals surface area (Å²) in [7, 11) is 0. The van der Waals surface area contributed by atoms with Gasteiger partial charge in [-0.15, -0.1) is 0 Å². The molecule has 2 aromatic rings. The van der Waals surface area contributed by atoms with Crippen LogP contribution >= 0.6 is 0 Å². The minimum Gasteiger partial charge on any atom is -0.277 e. The molecule has 2 rings (SSSR count). The highest BCUT2D eigenvalue weighted by atomic mass is 16.6. The van der Waals surface area contributed by atoms with Gasteiger partial charge in [0.05, 0.1) is 10.6 Å². The summed E-state index contributed by atoms with van der Waals surface area (Å²) in [6.07, 6.45) is 0. The summed E-state index contributed by atoms with van der Waals surface area (Å²) in [6.45, 7) is 0. The zero-order valence-electron chi connectivity index (χ0n) is 10.4. The molecule has 0 saturated carbocycles. The van der Waals surface area contributed by atoms with Crippen molar-refractivity contribution in [1.82, 2.24) is 0 Å². The van der Waals surface area contributed by atoms with Crippen LogP contribution < -0.4 is 5.43 Å². The number of rotatable bonds is 4. The molecular weight excluding hydrogens is 256 g/mol. The molecule has 0 unspecified atom stereocenters. The summed E-state index contributed by atoms with van der Waals surface area (Å²) in [6, 6.07) is 16.8. The molecule has 0 atom stereocenters. The Bertz CT molecular complexity index is 673. The van der Waals surface area contributed by atoms with E-state index in [9.17, 15) is 10.1 Å². The van der Waals surface area contributed by atoms with Crippen molar-refractivity contribution in [3.63, 3.8) is 0 Å². The minimum absolute atomic E-state index is 0.00287. The van der Waals surface area contributed by atoms with Crippen molar-refractivity contribution in [3.8, 4) is 6.07 Å². The standard InChI is InChI=1S/C14H10N4O2/c15-10-14(11-4-2-1-3-5-11)17-16-12-6-8-13(9-7-12)18(19)20/h1-9,16H/b17-14+. The van der Waals surface area contributed by atoms with Crippen LogP contribution in [0.5, 0.6) is 0 Å². The van der Waals surface area contributed by atoms with E-state index in [-0.39, 0.29) is 11.4 Å². The van der Waals surface area contributed by atoms with Crippen LogP contribution in [0.2, 0.25) is 0 Å². The summed E-state index contributed by atoms with van der Waals surface area (Å²) in [5.41, 5.74) is 4.21. The average Bonchev–Trinajstić information content (AvgIpc) is 2.49. The molecule has 98 valence electrons. The molecule has 2 aromatic carbocycles. The van der Waals surface area contributed by atoms with Crippen LogP contribution in [0.25, 0.3) is 0 Å². The normalized spacial score (nSPS) is 10.7. The largest absolute Gasteiger partial charge is 0.277 e. The van der Waals surface area contributed by atoms with Crippen LogP contribution in [-0.4, -0.2) is 10.6 Å². The lowest BCUT2D eigenvalue weighted by Crippen LogP contribution is -2.01. The number of nitro groups is 1. The summed E-state index contributed by atoms with van der Waals surface area (Å²) in [4.78, 5) is 10.0. The molecule has 0 bridgehead atoms. The van der Waals surface area contributed by atoms with Gasteiger partial charge in [-0.3, -0.25) is 15.5 Å². The van der Waals surface area contributed by atoms with Gasteiger partial charge < -0.3 is 0 Å². The topological polar surface area (TPSA) is 91.3 Å². The third kappa shape index (κ3) is 3.17. The quantitative estimate of drug-likeness (QED) is 0.523. The number of benzene rings is 2. The van der Waals surface area contributed by atoms with E-state index < -0.39 is 4.92 Å². The molecule has 0 saturated heterocycles. The van der Waals surface area contributed by atoms with Crippen molar-refractivity contribution in [1.29, 1.82) is 5.26 Å². The van der Waals surface area contributed by atoms with Gasteiger partial charge in [0.1, 0.15) is 6.07 Å². The zero-order valence-corrected chi connectivity index (χ0v) is 10.4. The minimum atomic E-state index is -0.474. The van der Waals surface area contributed by atoms with Crippen LogP contribution in [0.3, 0.4) is 0 Å². The highest BCUT2D eigenvalue weighted by Crippen LogP contribution is 2.15. The molecule has 0 aliphatic carbocycles. The number of nitro benzene ring substituents is 1. The van der Waals surface area contributed by atoms with E-state index in [2.05, 4.69) is 10.5 Å². The van der Waals surface area contributed by atoms with E-state index in [4.69, 9.17) is 5.26 Å². The number of hydrazone groups is 1. The first kappa shape index (κ1) is 13.2. The first-order chi connectivity index (χ1) is 9.70. The molecule has 1 N–H and O–H groups in total. The number of nitrogens with zero attached hydrogens (tertiary/aromatic N) is 3. The molecule has 0 fully saturated rings. The SMILES string of the molecule is N#C/C(=N\Nc1ccc([N+](=O)[O-])cc1)c1ccccc1. The van der Waals surface area contributed by atoms with Gasteiger partial charge >= 0.3 is 0 Å². The van der Waals surface area contributed by atoms with Gasteiger partial charge in [-0.05, 0) is 12.1 Å². The second kappa shape index (κ2) is 6.11. The van der Waals surface area contributed by atoms with Crippen molar-refractivity contribution in [2.75, 3.05) is 5.43 Å². The van der Waals surface area contributed by atoms with Crippen LogP contribution in [0, 0.1) is 21.4 Å². The molecule has 6 heteroatoms. The van der Waals surface area contributed by atoms with Crippen LogP contribution in [-0.2, 0) is 0 Å². The predicted molar refractivity (Wildman–Crippen MR) is 75.3 cm³/mol. The van der Waals surface area contributed by atoms with Gasteiger partial charge in [-0.25, -0.2) is 0 Å². The molecule has 6 nitrogen and oxygen atoms in total. The van der Waals surface area contributed by atoms with E-state index in [1.165, 1.54) is 24.3 Å². The maximum absolute atomic E-state index is 10.5. The predicted octanol–water partition coefficient (Wildman–Crippen LogP) is 2.93. The molecule has 20 heavy (non-hydrogen) atoms. The second-order valence-electron chi connectivity index (χ2n) is 3.85. The Hall–Kier alpha value is -3.20. The molecule has 0 radical (unpaired) electrons. The van der Waals surface area contributed by atoms with Crippen molar-refractivity contribution < 1.29 is 4.92 Å². The number of nitrogens with one attached hydrogen (secondary N) is 1. The average molecular weight is 266 g/mol. The molecular formula is C14H10N4O2. The number of hydrogen-bond donors (Lipinski definition) is 1. The maximum Gasteiger partial charge on any atom is 0.269 e. The Balaban J connectivity index is 2.15. The Morgan fingerprint density at radius 3 is 2.35 bits per heavy atom. The lowest BCUT2D eigenvalue weighted by Gasteiger charge is -2.01. The van der Waals surface area contributed by atoms with Crippen molar-refractivity contribution >= 4 is 17.1 Å². The van der Waals surface area contributed by atoms with E-state index in [0.717, 1.165) is 0 Å². The highest BCUT2D eigenvalue weighted by molar-refractivity contribution is 6.11. The lowest BCUT2D eigenvalue weighted by molar-refractivity contribution is -0.384. The lowest BCUT2D eigenvalue weighted by atomic mass is 10.1. The fraction of sp³-hybridized carbons (Fsp3) is 0. The third-order valence-corrected chi connectivity index (χ3v) is 2.53. The Morgan fingerprint density at radius 2 is 1.80 bits per heavy atom. The smallest absolute Gasteiger partial charge is 0.269 e. The number of hydrogen-bond acceptors (Lipinski definition) is 5. The molecule has 0 heterocycles. The van der Waals surface area contributed by atoms with Crippen LogP contribution in [0.1, 0.15) is 5.56 Å². The molecule has 0 aromatic heterocycles. The number of non-ortho nitro benzene ring substituents is 1. The fourth-order valence-corrected chi connectivity index (χ4v) is 1.53. The first-order valence-electron chi connectivity index (χ1n) is 5.74. The summed E-state index contributed by atoms with van der Waals surface area (Å²) < 4.78 is 0. The van der Waals surface area contributed by atoms with Gasteiger partial charge in [0, 0.05) is 17.7 Å². The van der Waals surface area contributed by atoms with Gasteiger partial charge in [0.2, 0.25) is 0 Å². The second-order valence-corrected chi connectivity index (χ2v) is 3.85. The Labute approximate surface area is 115 Å². The van der Waals surface area contributed by atoms with Crippen LogP contribution in [0.15, 0.2) is 59.7 Å². The first-order valence-corrected chi connectivity index (χ1v) is 5.74. The molecule has 0 amide bonds. The van der Waals surface area contributed by atoms with Gasteiger partial charge in [0.15, 0.2) is 5.71 Å². The van der Waals surface area contributed by atoms with E-state index in [0.29, 0.717) is 11.3 Å². The van der Waals surface area contributed by atoms with E-state index in [1.54, 1.807) is 12.1 Å². The zero-order chi connectivity index (χ0) is 14.4. The van der Waals surface area contributed by atoms with Crippen molar-refractivity contribution in [2.45, 2.75) is 0 Å².